The molecule has 120 valence electrons. The lowest BCUT2D eigenvalue weighted by Gasteiger charge is -2.12. The first-order chi connectivity index (χ1) is 11.2. The first kappa shape index (κ1) is 15.5. The highest BCUT2D eigenvalue weighted by Crippen LogP contribution is 2.20. The summed E-state index contributed by atoms with van der Waals surface area (Å²) in [5.41, 5.74) is 1.54. The van der Waals surface area contributed by atoms with Gasteiger partial charge in [-0.1, -0.05) is 18.2 Å². The number of anilines is 1. The van der Waals surface area contributed by atoms with Crippen molar-refractivity contribution in [2.24, 2.45) is 0 Å². The van der Waals surface area contributed by atoms with Crippen molar-refractivity contribution in [2.75, 3.05) is 11.9 Å². The molecule has 1 fully saturated rings. The highest BCUT2D eigenvalue weighted by molar-refractivity contribution is 5.94. The summed E-state index contributed by atoms with van der Waals surface area (Å²) < 4.78 is 23.9. The van der Waals surface area contributed by atoms with Crippen molar-refractivity contribution >= 4 is 11.6 Å². The van der Waals surface area contributed by atoms with Gasteiger partial charge < -0.3 is 14.8 Å². The molecule has 1 aliphatic rings. The molecule has 0 aliphatic carbocycles. The van der Waals surface area contributed by atoms with Crippen LogP contribution in [0.2, 0.25) is 0 Å². The standard InChI is InChI=1S/C18H18FNO3/c19-14-8-6-13(7-9-14)12-23-16-4-1-3-15(11-16)20-18(21)17-5-2-10-22-17/h1,3-4,6-9,11,17H,2,5,10,12H2,(H,20,21)/t17-/m0/s1. The predicted octanol–water partition coefficient (Wildman–Crippen LogP) is 3.52. The summed E-state index contributed by atoms with van der Waals surface area (Å²) in [6, 6.07) is 13.3. The molecule has 23 heavy (non-hydrogen) atoms. The van der Waals surface area contributed by atoms with Crippen LogP contribution in [-0.4, -0.2) is 18.6 Å². The normalized spacial score (nSPS) is 17.0. The fraction of sp³-hybridized carbons (Fsp3) is 0.278. The predicted molar refractivity (Wildman–Crippen MR) is 84.8 cm³/mol. The van der Waals surface area contributed by atoms with Gasteiger partial charge >= 0.3 is 0 Å². The maximum atomic E-state index is 12.9. The fourth-order valence-electron chi connectivity index (χ4n) is 2.42. The van der Waals surface area contributed by atoms with Crippen LogP contribution in [0.4, 0.5) is 10.1 Å². The van der Waals surface area contributed by atoms with Crippen LogP contribution in [0, 0.1) is 5.82 Å². The van der Waals surface area contributed by atoms with Crippen LogP contribution in [0.15, 0.2) is 48.5 Å². The van der Waals surface area contributed by atoms with Crippen molar-refractivity contribution in [3.63, 3.8) is 0 Å². The second-order valence-corrected chi connectivity index (χ2v) is 5.43. The summed E-state index contributed by atoms with van der Waals surface area (Å²) in [6.45, 7) is 0.975. The third-order valence-corrected chi connectivity index (χ3v) is 3.64. The summed E-state index contributed by atoms with van der Waals surface area (Å²) in [4.78, 5) is 12.0. The number of ether oxygens (including phenoxy) is 2. The van der Waals surface area contributed by atoms with Crippen LogP contribution in [0.5, 0.6) is 5.75 Å². The van der Waals surface area contributed by atoms with Crippen LogP contribution in [0.25, 0.3) is 0 Å². The van der Waals surface area contributed by atoms with Crippen molar-refractivity contribution in [3.8, 4) is 5.75 Å². The second kappa shape index (κ2) is 7.24. The smallest absolute Gasteiger partial charge is 0.253 e. The highest BCUT2D eigenvalue weighted by Gasteiger charge is 2.23. The Kier molecular flexibility index (Phi) is 4.88. The Morgan fingerprint density at radius 2 is 2.09 bits per heavy atom. The number of hydrogen-bond acceptors (Lipinski definition) is 3. The Balaban J connectivity index is 1.58. The highest BCUT2D eigenvalue weighted by atomic mass is 19.1. The molecule has 2 aromatic carbocycles. The third kappa shape index (κ3) is 4.29. The Labute approximate surface area is 134 Å². The topological polar surface area (TPSA) is 47.6 Å². The number of amides is 1. The van der Waals surface area contributed by atoms with Crippen molar-refractivity contribution in [1.29, 1.82) is 0 Å². The summed E-state index contributed by atoms with van der Waals surface area (Å²) in [6.07, 6.45) is 1.31. The molecule has 3 rings (SSSR count). The van der Waals surface area contributed by atoms with Crippen molar-refractivity contribution in [3.05, 3.63) is 59.9 Å². The maximum absolute atomic E-state index is 12.9. The van der Waals surface area contributed by atoms with Crippen LogP contribution in [0.1, 0.15) is 18.4 Å². The first-order valence-corrected chi connectivity index (χ1v) is 7.60. The van der Waals surface area contributed by atoms with Crippen LogP contribution in [0.3, 0.4) is 0 Å². The number of benzene rings is 2. The van der Waals surface area contributed by atoms with Gasteiger partial charge in [0.2, 0.25) is 0 Å². The van der Waals surface area contributed by atoms with E-state index in [1.165, 1.54) is 12.1 Å². The summed E-state index contributed by atoms with van der Waals surface area (Å²) >= 11 is 0. The number of nitrogens with one attached hydrogen (secondary N) is 1. The number of halogens is 1. The molecule has 0 bridgehead atoms. The molecule has 0 radical (unpaired) electrons. The van der Waals surface area contributed by atoms with Crippen molar-refractivity contribution in [2.45, 2.75) is 25.6 Å². The van der Waals surface area contributed by atoms with Crippen molar-refractivity contribution in [1.82, 2.24) is 0 Å². The number of carbonyl (C=O) groups excluding carboxylic acids is 1. The van der Waals surface area contributed by atoms with Crippen LogP contribution in [-0.2, 0) is 16.1 Å². The van der Waals surface area contributed by atoms with Crippen LogP contribution >= 0.6 is 0 Å². The third-order valence-electron chi connectivity index (χ3n) is 3.64. The minimum absolute atomic E-state index is 0.127. The van der Waals surface area contributed by atoms with Gasteiger partial charge in [-0.05, 0) is 42.7 Å². The van der Waals surface area contributed by atoms with E-state index in [0.29, 0.717) is 24.7 Å². The molecular weight excluding hydrogens is 297 g/mol. The lowest BCUT2D eigenvalue weighted by Crippen LogP contribution is -2.26. The zero-order valence-corrected chi connectivity index (χ0v) is 12.6. The molecule has 4 nitrogen and oxygen atoms in total. The molecule has 0 unspecified atom stereocenters. The van der Waals surface area contributed by atoms with Crippen molar-refractivity contribution < 1.29 is 18.7 Å². The molecule has 0 spiro atoms. The lowest BCUT2D eigenvalue weighted by molar-refractivity contribution is -0.124. The summed E-state index contributed by atoms with van der Waals surface area (Å²) in [7, 11) is 0. The zero-order valence-electron chi connectivity index (χ0n) is 12.6. The zero-order chi connectivity index (χ0) is 16.1. The van der Waals surface area contributed by atoms with Gasteiger partial charge in [0.25, 0.3) is 5.91 Å². The fourth-order valence-corrected chi connectivity index (χ4v) is 2.42. The van der Waals surface area contributed by atoms with Crippen LogP contribution < -0.4 is 10.1 Å². The average molecular weight is 315 g/mol. The van der Waals surface area contributed by atoms with Gasteiger partial charge in [0.1, 0.15) is 24.3 Å². The molecule has 2 aromatic rings. The molecule has 0 aromatic heterocycles. The molecule has 1 N–H and O–H groups in total. The van der Waals surface area contributed by atoms with Gasteiger partial charge in [-0.3, -0.25) is 4.79 Å². The second-order valence-electron chi connectivity index (χ2n) is 5.43. The number of carbonyl (C=O) groups is 1. The Morgan fingerprint density at radius 3 is 2.83 bits per heavy atom. The Hall–Kier alpha value is -2.40. The quantitative estimate of drug-likeness (QED) is 0.918. The Bertz CT molecular complexity index is 666. The molecule has 1 saturated heterocycles. The molecule has 1 heterocycles. The van der Waals surface area contributed by atoms with E-state index < -0.39 is 0 Å². The van der Waals surface area contributed by atoms with Gasteiger partial charge in [-0.25, -0.2) is 4.39 Å². The molecule has 1 aliphatic heterocycles. The van der Waals surface area contributed by atoms with Gasteiger partial charge in [0.15, 0.2) is 0 Å². The van der Waals surface area contributed by atoms with Gasteiger partial charge in [-0.2, -0.15) is 0 Å². The SMILES string of the molecule is O=C(Nc1cccc(OCc2ccc(F)cc2)c1)[C@@H]1CCCO1. The monoisotopic (exact) mass is 315 g/mol. The van der Waals surface area contributed by atoms with Gasteiger partial charge in [0.05, 0.1) is 0 Å². The van der Waals surface area contributed by atoms with Gasteiger partial charge in [0, 0.05) is 18.4 Å². The lowest BCUT2D eigenvalue weighted by atomic mass is 10.2. The van der Waals surface area contributed by atoms with E-state index >= 15 is 0 Å². The van der Waals surface area contributed by atoms with E-state index in [4.69, 9.17) is 9.47 Å². The van der Waals surface area contributed by atoms with E-state index in [9.17, 15) is 9.18 Å². The summed E-state index contributed by atoms with van der Waals surface area (Å²) in [5.74, 6) is 0.241. The minimum atomic E-state index is -0.362. The number of hydrogen-bond donors (Lipinski definition) is 1. The molecule has 5 heteroatoms. The van der Waals surface area contributed by atoms with Gasteiger partial charge in [-0.15, -0.1) is 0 Å². The molecule has 1 atom stereocenters. The van der Waals surface area contributed by atoms with E-state index in [1.54, 1.807) is 24.3 Å². The van der Waals surface area contributed by atoms with E-state index in [1.807, 2.05) is 12.1 Å². The Morgan fingerprint density at radius 1 is 1.26 bits per heavy atom. The first-order valence-electron chi connectivity index (χ1n) is 7.60. The summed E-state index contributed by atoms with van der Waals surface area (Å²) in [5, 5.41) is 2.84. The maximum Gasteiger partial charge on any atom is 0.253 e. The van der Waals surface area contributed by atoms with E-state index in [2.05, 4.69) is 5.32 Å². The largest absolute Gasteiger partial charge is 0.489 e. The molecule has 1 amide bonds. The molecule has 0 saturated carbocycles. The van der Waals surface area contributed by atoms with E-state index in [0.717, 1.165) is 18.4 Å². The molecular formula is C18H18FNO3. The van der Waals surface area contributed by atoms with E-state index in [-0.39, 0.29) is 17.8 Å². The number of rotatable bonds is 5. The average Bonchev–Trinajstić information content (AvgIpc) is 3.09. The minimum Gasteiger partial charge on any atom is -0.489 e.